The molecule has 154 valence electrons. The van der Waals surface area contributed by atoms with E-state index in [2.05, 4.69) is 15.4 Å². The zero-order valence-electron chi connectivity index (χ0n) is 17.1. The van der Waals surface area contributed by atoms with Crippen molar-refractivity contribution in [3.63, 3.8) is 0 Å². The van der Waals surface area contributed by atoms with Crippen molar-refractivity contribution in [3.8, 4) is 5.69 Å². The summed E-state index contributed by atoms with van der Waals surface area (Å²) >= 11 is 0. The minimum absolute atomic E-state index is 0.0322. The molecular formula is C23H25N5O2. The number of carbonyl (C=O) groups excluding carboxylic acids is 2. The van der Waals surface area contributed by atoms with Crippen molar-refractivity contribution >= 4 is 17.9 Å². The number of carbonyl (C=O) groups is 2. The zero-order chi connectivity index (χ0) is 21.3. The molecule has 0 radical (unpaired) electrons. The fourth-order valence-electron chi connectivity index (χ4n) is 2.95. The van der Waals surface area contributed by atoms with Gasteiger partial charge in [-0.1, -0.05) is 42.5 Å². The van der Waals surface area contributed by atoms with Crippen LogP contribution in [-0.4, -0.2) is 45.1 Å². The van der Waals surface area contributed by atoms with Gasteiger partial charge in [0.2, 0.25) is 11.8 Å². The Bertz CT molecular complexity index is 982. The van der Waals surface area contributed by atoms with Crippen LogP contribution < -0.4 is 5.32 Å². The molecule has 0 bridgehead atoms. The first-order valence-corrected chi connectivity index (χ1v) is 9.76. The van der Waals surface area contributed by atoms with E-state index in [1.165, 1.54) is 12.4 Å². The van der Waals surface area contributed by atoms with Gasteiger partial charge in [0.25, 0.3) is 0 Å². The van der Waals surface area contributed by atoms with Crippen molar-refractivity contribution in [2.75, 3.05) is 13.6 Å². The number of nitrogens with one attached hydrogen (secondary N) is 1. The third-order valence-corrected chi connectivity index (χ3v) is 4.90. The lowest BCUT2D eigenvalue weighted by atomic mass is 10.1. The molecule has 0 saturated heterocycles. The maximum atomic E-state index is 12.5. The van der Waals surface area contributed by atoms with Crippen LogP contribution >= 0.6 is 0 Å². The van der Waals surface area contributed by atoms with Crippen LogP contribution in [0.5, 0.6) is 0 Å². The Morgan fingerprint density at radius 2 is 1.87 bits per heavy atom. The third-order valence-electron chi connectivity index (χ3n) is 4.90. The van der Waals surface area contributed by atoms with Gasteiger partial charge in [0.15, 0.2) is 0 Å². The zero-order valence-corrected chi connectivity index (χ0v) is 17.1. The van der Waals surface area contributed by atoms with Crippen LogP contribution in [0.25, 0.3) is 11.8 Å². The molecule has 7 heteroatoms. The number of aromatic nitrogens is 3. The summed E-state index contributed by atoms with van der Waals surface area (Å²) in [5.41, 5.74) is 2.88. The van der Waals surface area contributed by atoms with Crippen molar-refractivity contribution in [1.82, 2.24) is 25.0 Å². The lowest BCUT2D eigenvalue weighted by Crippen LogP contribution is -2.33. The molecule has 0 unspecified atom stereocenters. The Morgan fingerprint density at radius 3 is 2.53 bits per heavy atom. The molecule has 1 atom stereocenters. The third kappa shape index (κ3) is 5.64. The number of nitrogens with zero attached hydrogens (tertiary/aromatic N) is 4. The Kier molecular flexibility index (Phi) is 7.10. The minimum atomic E-state index is -0.217. The molecule has 0 saturated carbocycles. The first-order valence-electron chi connectivity index (χ1n) is 9.76. The number of benzene rings is 2. The second kappa shape index (κ2) is 10.2. The van der Waals surface area contributed by atoms with Crippen LogP contribution in [0.1, 0.15) is 30.5 Å². The summed E-state index contributed by atoms with van der Waals surface area (Å²) in [5.74, 6) is -0.249. The van der Waals surface area contributed by atoms with Crippen molar-refractivity contribution in [2.24, 2.45) is 0 Å². The van der Waals surface area contributed by atoms with Gasteiger partial charge in [-0.25, -0.2) is 9.67 Å². The molecule has 2 amide bonds. The SMILES string of the molecule is C[C@@H](c1ccc(-n2cncn2)cc1)N(C)C(=O)CCNC(=O)/C=C/c1ccccc1. The second-order valence-electron chi connectivity index (χ2n) is 6.90. The van der Waals surface area contributed by atoms with Gasteiger partial charge in [0.1, 0.15) is 12.7 Å². The summed E-state index contributed by atoms with van der Waals surface area (Å²) in [5, 5.41) is 6.86. The molecule has 0 fully saturated rings. The maximum absolute atomic E-state index is 12.5. The van der Waals surface area contributed by atoms with E-state index < -0.39 is 0 Å². The van der Waals surface area contributed by atoms with E-state index in [9.17, 15) is 9.59 Å². The van der Waals surface area contributed by atoms with Crippen LogP contribution in [0.15, 0.2) is 73.3 Å². The van der Waals surface area contributed by atoms with E-state index >= 15 is 0 Å². The highest BCUT2D eigenvalue weighted by atomic mass is 16.2. The largest absolute Gasteiger partial charge is 0.352 e. The predicted octanol–water partition coefficient (Wildman–Crippen LogP) is 3.01. The van der Waals surface area contributed by atoms with E-state index in [1.807, 2.05) is 61.5 Å². The molecule has 1 heterocycles. The van der Waals surface area contributed by atoms with E-state index in [-0.39, 0.29) is 24.3 Å². The van der Waals surface area contributed by atoms with E-state index in [0.717, 1.165) is 16.8 Å². The molecule has 1 aromatic heterocycles. The average molecular weight is 403 g/mol. The molecule has 2 aromatic carbocycles. The van der Waals surface area contributed by atoms with Gasteiger partial charge in [-0.15, -0.1) is 0 Å². The Hall–Kier alpha value is -3.74. The lowest BCUT2D eigenvalue weighted by molar-refractivity contribution is -0.131. The summed E-state index contributed by atoms with van der Waals surface area (Å²) in [6.07, 6.45) is 6.58. The van der Waals surface area contributed by atoms with Crippen molar-refractivity contribution in [3.05, 3.63) is 84.5 Å². The topological polar surface area (TPSA) is 80.1 Å². The van der Waals surface area contributed by atoms with Crippen molar-refractivity contribution in [2.45, 2.75) is 19.4 Å². The Balaban J connectivity index is 1.46. The van der Waals surface area contributed by atoms with Gasteiger partial charge in [0, 0.05) is 26.1 Å². The van der Waals surface area contributed by atoms with E-state index in [0.29, 0.717) is 6.54 Å². The summed E-state index contributed by atoms with van der Waals surface area (Å²) in [6.45, 7) is 2.27. The van der Waals surface area contributed by atoms with E-state index in [4.69, 9.17) is 0 Å². The number of rotatable bonds is 8. The van der Waals surface area contributed by atoms with Crippen LogP contribution in [0, 0.1) is 0 Å². The van der Waals surface area contributed by atoms with Crippen molar-refractivity contribution < 1.29 is 9.59 Å². The highest BCUT2D eigenvalue weighted by Crippen LogP contribution is 2.20. The van der Waals surface area contributed by atoms with Gasteiger partial charge in [-0.3, -0.25) is 9.59 Å². The smallest absolute Gasteiger partial charge is 0.244 e. The van der Waals surface area contributed by atoms with Gasteiger partial charge in [0.05, 0.1) is 11.7 Å². The number of hydrogen-bond donors (Lipinski definition) is 1. The van der Waals surface area contributed by atoms with Crippen LogP contribution in [-0.2, 0) is 9.59 Å². The van der Waals surface area contributed by atoms with Gasteiger partial charge in [-0.2, -0.15) is 5.10 Å². The Morgan fingerprint density at radius 1 is 1.13 bits per heavy atom. The number of amides is 2. The maximum Gasteiger partial charge on any atom is 0.244 e. The minimum Gasteiger partial charge on any atom is -0.352 e. The molecule has 0 aliphatic rings. The quantitative estimate of drug-likeness (QED) is 0.587. The fourth-order valence-corrected chi connectivity index (χ4v) is 2.95. The van der Waals surface area contributed by atoms with Gasteiger partial charge < -0.3 is 10.2 Å². The fraction of sp³-hybridized carbons (Fsp3) is 0.217. The predicted molar refractivity (Wildman–Crippen MR) is 116 cm³/mol. The number of hydrogen-bond acceptors (Lipinski definition) is 4. The van der Waals surface area contributed by atoms with Crippen LogP contribution in [0.3, 0.4) is 0 Å². The highest BCUT2D eigenvalue weighted by Gasteiger charge is 2.17. The molecule has 3 aromatic rings. The summed E-state index contributed by atoms with van der Waals surface area (Å²) in [4.78, 5) is 30.1. The highest BCUT2D eigenvalue weighted by molar-refractivity contribution is 5.92. The molecule has 1 N–H and O–H groups in total. The van der Waals surface area contributed by atoms with Crippen LogP contribution in [0.2, 0.25) is 0 Å². The lowest BCUT2D eigenvalue weighted by Gasteiger charge is -2.25. The monoisotopic (exact) mass is 403 g/mol. The standard InChI is InChI=1S/C23H25N5O2/c1-18(20-9-11-21(12-10-20)28-17-24-16-26-28)27(2)23(30)14-15-25-22(29)13-8-19-6-4-3-5-7-19/h3-13,16-18H,14-15H2,1-2H3,(H,25,29)/b13-8+/t18-/m0/s1. The van der Waals surface area contributed by atoms with Crippen LogP contribution in [0.4, 0.5) is 0 Å². The summed E-state index contributed by atoms with van der Waals surface area (Å²) in [7, 11) is 1.77. The average Bonchev–Trinajstić information content (AvgIpc) is 3.32. The first-order chi connectivity index (χ1) is 14.5. The molecule has 7 nitrogen and oxygen atoms in total. The normalized spacial score (nSPS) is 11.9. The second-order valence-corrected chi connectivity index (χ2v) is 6.90. The van der Waals surface area contributed by atoms with Gasteiger partial charge in [-0.05, 0) is 36.3 Å². The summed E-state index contributed by atoms with van der Waals surface area (Å²) < 4.78 is 1.68. The van der Waals surface area contributed by atoms with E-state index in [1.54, 1.807) is 29.0 Å². The molecular weight excluding hydrogens is 378 g/mol. The van der Waals surface area contributed by atoms with Crippen molar-refractivity contribution in [1.29, 1.82) is 0 Å². The summed E-state index contributed by atoms with van der Waals surface area (Å²) in [6, 6.07) is 17.3. The molecule has 0 aliphatic carbocycles. The van der Waals surface area contributed by atoms with Gasteiger partial charge >= 0.3 is 0 Å². The first kappa shape index (κ1) is 21.0. The molecule has 3 rings (SSSR count). The Labute approximate surface area is 176 Å². The molecule has 0 spiro atoms. The molecule has 0 aliphatic heterocycles. The molecule has 30 heavy (non-hydrogen) atoms.